The molecule has 0 radical (unpaired) electrons. The van der Waals surface area contributed by atoms with Gasteiger partial charge in [-0.1, -0.05) is 47.7 Å². The van der Waals surface area contributed by atoms with Crippen LogP contribution in [-0.2, 0) is 14.9 Å². The van der Waals surface area contributed by atoms with Crippen LogP contribution in [-0.4, -0.2) is 32.0 Å². The molecule has 0 aliphatic carbocycles. The van der Waals surface area contributed by atoms with Gasteiger partial charge in [-0.2, -0.15) is 8.42 Å². The second-order valence-corrected chi connectivity index (χ2v) is 9.84. The predicted molar refractivity (Wildman–Crippen MR) is 120 cm³/mol. The number of amides is 1. The van der Waals surface area contributed by atoms with Crippen LogP contribution < -0.4 is 13.8 Å². The zero-order chi connectivity index (χ0) is 21.3. The van der Waals surface area contributed by atoms with Gasteiger partial charge in [-0.25, -0.2) is 0 Å². The first kappa shape index (κ1) is 21.6. The van der Waals surface area contributed by atoms with Crippen LogP contribution in [0.4, 0.5) is 5.69 Å². The van der Waals surface area contributed by atoms with Gasteiger partial charge < -0.3 is 8.92 Å². The molecular formula is C19H16ClNO5S3. The van der Waals surface area contributed by atoms with Gasteiger partial charge in [-0.15, -0.1) is 0 Å². The van der Waals surface area contributed by atoms with Gasteiger partial charge >= 0.3 is 10.1 Å². The van der Waals surface area contributed by atoms with Gasteiger partial charge in [0, 0.05) is 0 Å². The zero-order valence-electron chi connectivity index (χ0n) is 15.6. The van der Waals surface area contributed by atoms with Gasteiger partial charge in [-0.3, -0.25) is 9.69 Å². The van der Waals surface area contributed by atoms with Crippen LogP contribution in [0.5, 0.6) is 11.5 Å². The van der Waals surface area contributed by atoms with E-state index >= 15 is 0 Å². The highest BCUT2D eigenvalue weighted by Crippen LogP contribution is 2.40. The van der Waals surface area contributed by atoms with E-state index in [1.165, 1.54) is 35.9 Å². The molecule has 0 unspecified atom stereocenters. The molecule has 1 fully saturated rings. The quantitative estimate of drug-likeness (QED) is 0.365. The van der Waals surface area contributed by atoms with Gasteiger partial charge in [0.15, 0.2) is 10.1 Å². The minimum absolute atomic E-state index is 0.0372. The molecule has 1 amide bonds. The lowest BCUT2D eigenvalue weighted by atomic mass is 10.1. The molecule has 6 nitrogen and oxygen atoms in total. The van der Waals surface area contributed by atoms with Crippen molar-refractivity contribution < 1.29 is 22.1 Å². The topological polar surface area (TPSA) is 72.9 Å². The van der Waals surface area contributed by atoms with E-state index in [0.717, 1.165) is 11.8 Å². The molecule has 0 N–H and O–H groups in total. The summed E-state index contributed by atoms with van der Waals surface area (Å²) in [6, 6.07) is 10.5. The number of methoxy groups -OCH3 is 1. The molecule has 0 saturated carbocycles. The third-order valence-electron chi connectivity index (χ3n) is 3.84. The molecule has 0 aromatic heterocycles. The van der Waals surface area contributed by atoms with Crippen molar-refractivity contribution in [2.75, 3.05) is 18.3 Å². The SMILES string of the molecule is COc1cc(C=C2SC(=S)N(c3cccc(C)c3)C2=O)cc(Cl)c1OS(C)(=O)=O. The Morgan fingerprint density at radius 1 is 1.24 bits per heavy atom. The van der Waals surface area contributed by atoms with Crippen LogP contribution in [0, 0.1) is 6.92 Å². The molecule has 1 aliphatic rings. The molecule has 1 heterocycles. The van der Waals surface area contributed by atoms with Crippen molar-refractivity contribution in [1.82, 2.24) is 0 Å². The number of nitrogens with zero attached hydrogens (tertiary/aromatic N) is 1. The van der Waals surface area contributed by atoms with Gasteiger partial charge in [0.2, 0.25) is 5.75 Å². The van der Waals surface area contributed by atoms with E-state index < -0.39 is 10.1 Å². The van der Waals surface area contributed by atoms with Crippen LogP contribution >= 0.6 is 35.6 Å². The fourth-order valence-corrected chi connectivity index (χ4v) is 4.74. The summed E-state index contributed by atoms with van der Waals surface area (Å²) >= 11 is 12.7. The van der Waals surface area contributed by atoms with Crippen LogP contribution in [0.1, 0.15) is 11.1 Å². The number of benzene rings is 2. The van der Waals surface area contributed by atoms with Crippen molar-refractivity contribution in [2.24, 2.45) is 0 Å². The lowest BCUT2D eigenvalue weighted by molar-refractivity contribution is -0.113. The van der Waals surface area contributed by atoms with E-state index in [1.54, 1.807) is 6.08 Å². The third-order valence-corrected chi connectivity index (χ3v) is 5.89. The number of aryl methyl sites for hydroxylation is 1. The summed E-state index contributed by atoms with van der Waals surface area (Å²) in [5.74, 6) is -0.235. The molecule has 0 atom stereocenters. The van der Waals surface area contributed by atoms with E-state index in [9.17, 15) is 13.2 Å². The highest BCUT2D eigenvalue weighted by molar-refractivity contribution is 8.27. The summed E-state index contributed by atoms with van der Waals surface area (Å²) in [7, 11) is -2.42. The average molecular weight is 470 g/mol. The number of carbonyl (C=O) groups excluding carboxylic acids is 1. The lowest BCUT2D eigenvalue weighted by Gasteiger charge is -2.15. The second-order valence-electron chi connectivity index (χ2n) is 6.18. The maximum atomic E-state index is 12.9. The highest BCUT2D eigenvalue weighted by atomic mass is 35.5. The first-order valence-electron chi connectivity index (χ1n) is 8.20. The maximum absolute atomic E-state index is 12.9. The Bertz CT molecular complexity index is 1140. The normalized spacial score (nSPS) is 15.9. The van der Waals surface area contributed by atoms with Crippen molar-refractivity contribution >= 4 is 67.7 Å². The van der Waals surface area contributed by atoms with Gasteiger partial charge in [0.25, 0.3) is 5.91 Å². The van der Waals surface area contributed by atoms with Crippen molar-refractivity contribution in [3.63, 3.8) is 0 Å². The summed E-state index contributed by atoms with van der Waals surface area (Å²) in [4.78, 5) is 14.8. The predicted octanol–water partition coefficient (Wildman–Crippen LogP) is 4.40. The maximum Gasteiger partial charge on any atom is 0.306 e. The highest BCUT2D eigenvalue weighted by Gasteiger charge is 2.33. The fourth-order valence-electron chi connectivity index (χ4n) is 2.66. The summed E-state index contributed by atoms with van der Waals surface area (Å²) < 4.78 is 33.4. The molecule has 1 aliphatic heterocycles. The smallest absolute Gasteiger partial charge is 0.306 e. The molecule has 3 rings (SSSR count). The Kier molecular flexibility index (Phi) is 6.23. The van der Waals surface area contributed by atoms with Crippen LogP contribution in [0.3, 0.4) is 0 Å². The Labute approximate surface area is 183 Å². The third kappa shape index (κ3) is 4.92. The largest absolute Gasteiger partial charge is 0.493 e. The van der Waals surface area contributed by atoms with Gasteiger partial charge in [0.1, 0.15) is 0 Å². The molecule has 2 aromatic rings. The fraction of sp³-hybridized carbons (Fsp3) is 0.158. The van der Waals surface area contributed by atoms with E-state index in [4.69, 9.17) is 32.7 Å². The molecule has 29 heavy (non-hydrogen) atoms. The van der Waals surface area contributed by atoms with E-state index in [-0.39, 0.29) is 22.4 Å². The number of halogens is 1. The van der Waals surface area contributed by atoms with E-state index in [2.05, 4.69) is 0 Å². The molecule has 152 valence electrons. The molecule has 0 spiro atoms. The average Bonchev–Trinajstić information content (AvgIpc) is 2.89. The number of carbonyl (C=O) groups is 1. The Balaban J connectivity index is 1.97. The monoisotopic (exact) mass is 469 g/mol. The van der Waals surface area contributed by atoms with Crippen molar-refractivity contribution in [1.29, 1.82) is 0 Å². The lowest BCUT2D eigenvalue weighted by Crippen LogP contribution is -2.27. The van der Waals surface area contributed by atoms with Crippen molar-refractivity contribution in [3.05, 3.63) is 57.5 Å². The number of rotatable bonds is 5. The van der Waals surface area contributed by atoms with Gasteiger partial charge in [-0.05, 0) is 48.4 Å². The second kappa shape index (κ2) is 8.35. The zero-order valence-corrected chi connectivity index (χ0v) is 18.8. The number of thioether (sulfide) groups is 1. The number of ether oxygens (including phenoxy) is 1. The Hall–Kier alpha value is -2.07. The molecule has 0 bridgehead atoms. The van der Waals surface area contributed by atoms with Crippen LogP contribution in [0.2, 0.25) is 5.02 Å². The van der Waals surface area contributed by atoms with E-state index in [0.29, 0.717) is 20.5 Å². The first-order valence-corrected chi connectivity index (χ1v) is 11.6. The molecule has 10 heteroatoms. The number of hydrogen-bond donors (Lipinski definition) is 0. The summed E-state index contributed by atoms with van der Waals surface area (Å²) in [6.45, 7) is 1.94. The van der Waals surface area contributed by atoms with Crippen LogP contribution in [0.25, 0.3) is 6.08 Å². The minimum Gasteiger partial charge on any atom is -0.493 e. The summed E-state index contributed by atoms with van der Waals surface area (Å²) in [5, 5.41) is 0.0372. The number of thiocarbonyl (C=S) groups is 1. The van der Waals surface area contributed by atoms with Gasteiger partial charge in [0.05, 0.1) is 29.0 Å². The van der Waals surface area contributed by atoms with Crippen molar-refractivity contribution in [3.8, 4) is 11.5 Å². The number of hydrogen-bond acceptors (Lipinski definition) is 7. The summed E-state index contributed by atoms with van der Waals surface area (Å²) in [5.41, 5.74) is 2.25. The summed E-state index contributed by atoms with van der Waals surface area (Å²) in [6.07, 6.45) is 2.53. The molecule has 1 saturated heterocycles. The Morgan fingerprint density at radius 2 is 1.97 bits per heavy atom. The van der Waals surface area contributed by atoms with Crippen molar-refractivity contribution in [2.45, 2.75) is 6.92 Å². The first-order chi connectivity index (χ1) is 13.6. The minimum atomic E-state index is -3.79. The van der Waals surface area contributed by atoms with Crippen LogP contribution in [0.15, 0.2) is 41.3 Å². The number of anilines is 1. The standard InChI is InChI=1S/C19H16ClNO5S3/c1-11-5-4-6-13(7-11)21-18(22)16(28-19(21)27)10-12-8-14(20)17(15(9-12)25-2)26-29(3,23)24/h4-10H,1-3H3. The Morgan fingerprint density at radius 3 is 2.59 bits per heavy atom. The molecular weight excluding hydrogens is 454 g/mol. The molecule has 2 aromatic carbocycles. The van der Waals surface area contributed by atoms with E-state index in [1.807, 2.05) is 31.2 Å².